The van der Waals surface area contributed by atoms with Crippen LogP contribution in [-0.4, -0.2) is 59.2 Å². The number of sulfonamides is 1. The van der Waals surface area contributed by atoms with Crippen LogP contribution in [0.15, 0.2) is 0 Å². The molecule has 140 valence electrons. The number of carbonyl (C=O) groups excluding carboxylic acids is 1. The minimum absolute atomic E-state index is 0.107. The number of nitrogens with zero attached hydrogens (tertiary/aromatic N) is 4. The summed E-state index contributed by atoms with van der Waals surface area (Å²) in [5.74, 6) is -0.128. The second-order valence-corrected chi connectivity index (χ2v) is 9.42. The molecular formula is C17H28N4O3S. The van der Waals surface area contributed by atoms with Gasteiger partial charge in [0.2, 0.25) is 15.9 Å². The molecular weight excluding hydrogens is 340 g/mol. The number of fused-ring (bicyclic) bond motifs is 1. The molecule has 1 amide bonds. The Kier molecular flexibility index (Phi) is 5.20. The van der Waals surface area contributed by atoms with Crippen molar-refractivity contribution in [2.45, 2.75) is 57.5 Å². The fraction of sp³-hybridized carbons (Fsp3) is 0.765. The Bertz CT molecular complexity index is 750. The van der Waals surface area contributed by atoms with Crippen LogP contribution in [0.5, 0.6) is 0 Å². The van der Waals surface area contributed by atoms with E-state index in [0.29, 0.717) is 6.54 Å². The summed E-state index contributed by atoms with van der Waals surface area (Å²) in [4.78, 5) is 14.8. The van der Waals surface area contributed by atoms with E-state index in [1.807, 2.05) is 16.6 Å². The predicted octanol–water partition coefficient (Wildman–Crippen LogP) is 1.07. The van der Waals surface area contributed by atoms with E-state index in [1.54, 1.807) is 0 Å². The van der Waals surface area contributed by atoms with Crippen molar-refractivity contribution in [3.8, 4) is 0 Å². The standard InChI is InChI=1S/C17H28N4O3S/c1-19(25(3,23)24)12-17(22)21(13-7-4-5-8-13)11-15-14-9-6-10-16(14)20(2)18-15/h13H,4-12H2,1-3H3. The van der Waals surface area contributed by atoms with Gasteiger partial charge in [0.15, 0.2) is 0 Å². The van der Waals surface area contributed by atoms with E-state index < -0.39 is 10.0 Å². The summed E-state index contributed by atoms with van der Waals surface area (Å²) in [6.07, 6.45) is 8.57. The molecule has 1 aromatic rings. The van der Waals surface area contributed by atoms with Gasteiger partial charge in [0.05, 0.1) is 25.0 Å². The van der Waals surface area contributed by atoms with Crippen molar-refractivity contribution >= 4 is 15.9 Å². The molecule has 1 aromatic heterocycles. The number of hydrogen-bond acceptors (Lipinski definition) is 4. The first kappa shape index (κ1) is 18.4. The average molecular weight is 369 g/mol. The Morgan fingerprint density at radius 3 is 2.56 bits per heavy atom. The summed E-state index contributed by atoms with van der Waals surface area (Å²) in [6, 6.07) is 0.194. The summed E-state index contributed by atoms with van der Waals surface area (Å²) < 4.78 is 26.4. The van der Waals surface area contributed by atoms with Gasteiger partial charge in [-0.05, 0) is 37.7 Å². The van der Waals surface area contributed by atoms with Crippen LogP contribution in [0.25, 0.3) is 0 Å². The third kappa shape index (κ3) is 3.89. The predicted molar refractivity (Wildman–Crippen MR) is 95.5 cm³/mol. The summed E-state index contributed by atoms with van der Waals surface area (Å²) >= 11 is 0. The molecule has 8 heteroatoms. The van der Waals surface area contributed by atoms with Crippen LogP contribution in [0.1, 0.15) is 49.1 Å². The van der Waals surface area contributed by atoms with Gasteiger partial charge in [-0.3, -0.25) is 9.48 Å². The van der Waals surface area contributed by atoms with Gasteiger partial charge < -0.3 is 4.90 Å². The highest BCUT2D eigenvalue weighted by molar-refractivity contribution is 7.88. The van der Waals surface area contributed by atoms with E-state index in [4.69, 9.17) is 0 Å². The van der Waals surface area contributed by atoms with Gasteiger partial charge in [0, 0.05) is 25.8 Å². The first-order valence-corrected chi connectivity index (χ1v) is 10.9. The molecule has 7 nitrogen and oxygen atoms in total. The number of aromatic nitrogens is 2. The van der Waals surface area contributed by atoms with E-state index in [-0.39, 0.29) is 18.5 Å². The van der Waals surface area contributed by atoms with Gasteiger partial charge in [-0.15, -0.1) is 0 Å². The number of rotatable bonds is 6. The van der Waals surface area contributed by atoms with Crippen LogP contribution in [0, 0.1) is 0 Å². The van der Waals surface area contributed by atoms with Crippen molar-refractivity contribution < 1.29 is 13.2 Å². The van der Waals surface area contributed by atoms with E-state index in [0.717, 1.165) is 61.2 Å². The van der Waals surface area contributed by atoms with Crippen LogP contribution in [0.2, 0.25) is 0 Å². The van der Waals surface area contributed by atoms with E-state index in [9.17, 15) is 13.2 Å². The minimum Gasteiger partial charge on any atom is -0.333 e. The van der Waals surface area contributed by atoms with Crippen LogP contribution in [0.4, 0.5) is 0 Å². The molecule has 3 rings (SSSR count). The largest absolute Gasteiger partial charge is 0.333 e. The molecule has 0 radical (unpaired) electrons. The summed E-state index contributed by atoms with van der Waals surface area (Å²) in [5, 5.41) is 4.64. The van der Waals surface area contributed by atoms with Gasteiger partial charge in [0.1, 0.15) is 0 Å². The van der Waals surface area contributed by atoms with Crippen LogP contribution < -0.4 is 0 Å². The molecule has 0 unspecified atom stereocenters. The number of likely N-dealkylation sites (N-methyl/N-ethyl adjacent to an activating group) is 1. The maximum Gasteiger partial charge on any atom is 0.238 e. The van der Waals surface area contributed by atoms with E-state index in [2.05, 4.69) is 5.10 Å². The van der Waals surface area contributed by atoms with Gasteiger partial charge in [-0.2, -0.15) is 9.40 Å². The molecule has 25 heavy (non-hydrogen) atoms. The fourth-order valence-electron chi connectivity index (χ4n) is 4.02. The van der Waals surface area contributed by atoms with Gasteiger partial charge in [0.25, 0.3) is 0 Å². The fourth-order valence-corrected chi connectivity index (χ4v) is 4.37. The van der Waals surface area contributed by atoms with Gasteiger partial charge in [-0.1, -0.05) is 12.8 Å². The van der Waals surface area contributed by atoms with Crippen molar-refractivity contribution in [1.82, 2.24) is 19.0 Å². The zero-order valence-electron chi connectivity index (χ0n) is 15.4. The quantitative estimate of drug-likeness (QED) is 0.753. The topological polar surface area (TPSA) is 75.5 Å². The maximum atomic E-state index is 12.9. The molecule has 1 saturated carbocycles. The molecule has 0 spiro atoms. The molecule has 0 atom stereocenters. The lowest BCUT2D eigenvalue weighted by Gasteiger charge is -2.30. The van der Waals surface area contributed by atoms with Crippen LogP contribution in [0.3, 0.4) is 0 Å². The Morgan fingerprint density at radius 2 is 1.92 bits per heavy atom. The first-order valence-electron chi connectivity index (χ1n) is 9.01. The minimum atomic E-state index is -3.37. The van der Waals surface area contributed by atoms with Crippen molar-refractivity contribution in [2.24, 2.45) is 7.05 Å². The molecule has 0 saturated heterocycles. The lowest BCUT2D eigenvalue weighted by molar-refractivity contribution is -0.134. The van der Waals surface area contributed by atoms with E-state index in [1.165, 1.54) is 18.3 Å². The third-order valence-corrected chi connectivity index (χ3v) is 6.79. The molecule has 0 aromatic carbocycles. The second-order valence-electron chi connectivity index (χ2n) is 7.33. The molecule has 1 fully saturated rings. The van der Waals surface area contributed by atoms with Crippen LogP contribution in [-0.2, 0) is 41.3 Å². The Labute approximate surface area is 150 Å². The Balaban J connectivity index is 1.81. The lowest BCUT2D eigenvalue weighted by atomic mass is 10.1. The Hall–Kier alpha value is -1.41. The number of hydrogen-bond donors (Lipinski definition) is 0. The van der Waals surface area contributed by atoms with Crippen molar-refractivity contribution in [3.05, 3.63) is 17.0 Å². The molecule has 0 N–H and O–H groups in total. The molecule has 2 aliphatic carbocycles. The van der Waals surface area contributed by atoms with Gasteiger partial charge in [-0.25, -0.2) is 8.42 Å². The highest BCUT2D eigenvalue weighted by Gasteiger charge is 2.31. The highest BCUT2D eigenvalue weighted by Crippen LogP contribution is 2.29. The summed E-state index contributed by atoms with van der Waals surface area (Å²) in [5.41, 5.74) is 3.55. The van der Waals surface area contributed by atoms with Crippen LogP contribution >= 0.6 is 0 Å². The van der Waals surface area contributed by atoms with E-state index >= 15 is 0 Å². The average Bonchev–Trinajstić information content (AvgIpc) is 3.23. The smallest absolute Gasteiger partial charge is 0.238 e. The second kappa shape index (κ2) is 7.07. The lowest BCUT2D eigenvalue weighted by Crippen LogP contribution is -2.44. The zero-order chi connectivity index (χ0) is 18.2. The maximum absolute atomic E-state index is 12.9. The zero-order valence-corrected chi connectivity index (χ0v) is 16.2. The molecule has 2 aliphatic rings. The highest BCUT2D eigenvalue weighted by atomic mass is 32.2. The molecule has 1 heterocycles. The SMILES string of the molecule is CN(CC(=O)N(Cc1nn(C)c2c1CCC2)C1CCCC1)S(C)(=O)=O. The summed E-state index contributed by atoms with van der Waals surface area (Å²) in [6.45, 7) is 0.384. The first-order chi connectivity index (χ1) is 11.8. The van der Waals surface area contributed by atoms with Crippen molar-refractivity contribution in [1.29, 1.82) is 0 Å². The number of aryl methyl sites for hydroxylation is 1. The number of amides is 1. The third-order valence-electron chi connectivity index (χ3n) is 5.53. The number of carbonyl (C=O) groups is 1. The monoisotopic (exact) mass is 368 g/mol. The van der Waals surface area contributed by atoms with Crippen molar-refractivity contribution in [3.63, 3.8) is 0 Å². The van der Waals surface area contributed by atoms with Gasteiger partial charge >= 0.3 is 0 Å². The van der Waals surface area contributed by atoms with Crippen molar-refractivity contribution in [2.75, 3.05) is 19.8 Å². The Morgan fingerprint density at radius 1 is 1.24 bits per heavy atom. The summed E-state index contributed by atoms with van der Waals surface area (Å²) in [7, 11) is 0.0548. The normalized spacial score (nSPS) is 18.1. The molecule has 0 bridgehead atoms. The molecule has 0 aliphatic heterocycles.